The van der Waals surface area contributed by atoms with Crippen LogP contribution in [0.5, 0.6) is 0 Å². The van der Waals surface area contributed by atoms with Gasteiger partial charge in [-0.1, -0.05) is 6.07 Å². The second-order valence-corrected chi connectivity index (χ2v) is 3.04. The van der Waals surface area contributed by atoms with Gasteiger partial charge in [0.1, 0.15) is 0 Å². The Kier molecular flexibility index (Phi) is 2.86. The first-order chi connectivity index (χ1) is 5.95. The van der Waals surface area contributed by atoms with Crippen LogP contribution in [0.15, 0.2) is 18.2 Å². The average molecular weight is 209 g/mol. The fourth-order valence-corrected chi connectivity index (χ4v) is 1.28. The minimum Gasteiger partial charge on any atom is -0.166 e. The van der Waals surface area contributed by atoms with Gasteiger partial charge in [-0.15, -0.1) is 11.6 Å². The Labute approximate surface area is 79.3 Å². The van der Waals surface area contributed by atoms with Crippen molar-refractivity contribution in [2.24, 2.45) is 0 Å². The van der Waals surface area contributed by atoms with E-state index in [1.807, 2.05) is 0 Å². The Morgan fingerprint density at radius 2 is 1.92 bits per heavy atom. The lowest BCUT2D eigenvalue weighted by molar-refractivity contribution is -0.137. The van der Waals surface area contributed by atoms with E-state index in [9.17, 15) is 13.2 Å². The summed E-state index contributed by atoms with van der Waals surface area (Å²) in [5, 5.41) is 0. The van der Waals surface area contributed by atoms with Crippen molar-refractivity contribution >= 4 is 11.6 Å². The molecule has 0 heterocycles. The first-order valence-electron chi connectivity index (χ1n) is 3.68. The molecule has 0 fully saturated rings. The molecule has 0 aliphatic heterocycles. The molecule has 0 N–H and O–H groups in total. The quantitative estimate of drug-likeness (QED) is 0.617. The normalized spacial score (nSPS) is 11.8. The SMILES string of the molecule is Cc1ccc(C(F)(F)F)cc1CCl. The predicted octanol–water partition coefficient (Wildman–Crippen LogP) is 3.75. The van der Waals surface area contributed by atoms with Crippen LogP contribution in [0.1, 0.15) is 16.7 Å². The number of rotatable bonds is 1. The van der Waals surface area contributed by atoms with E-state index in [0.717, 1.165) is 17.7 Å². The van der Waals surface area contributed by atoms with Crippen LogP contribution in [0, 0.1) is 6.92 Å². The van der Waals surface area contributed by atoms with Gasteiger partial charge in [-0.25, -0.2) is 0 Å². The summed E-state index contributed by atoms with van der Waals surface area (Å²) in [4.78, 5) is 0. The van der Waals surface area contributed by atoms with Crippen molar-refractivity contribution < 1.29 is 13.2 Å². The number of alkyl halides is 4. The van der Waals surface area contributed by atoms with Crippen LogP contribution in [-0.2, 0) is 12.1 Å². The minimum absolute atomic E-state index is 0.107. The lowest BCUT2D eigenvalue weighted by Crippen LogP contribution is -2.05. The predicted molar refractivity (Wildman–Crippen MR) is 45.7 cm³/mol. The third-order valence-corrected chi connectivity index (χ3v) is 2.11. The maximum atomic E-state index is 12.2. The number of hydrogen-bond donors (Lipinski definition) is 0. The molecule has 0 spiro atoms. The smallest absolute Gasteiger partial charge is 0.166 e. The zero-order chi connectivity index (χ0) is 10.1. The maximum Gasteiger partial charge on any atom is 0.416 e. The van der Waals surface area contributed by atoms with Gasteiger partial charge in [-0.2, -0.15) is 13.2 Å². The molecule has 0 amide bonds. The highest BCUT2D eigenvalue weighted by molar-refractivity contribution is 6.17. The molecule has 1 aromatic rings. The Bertz CT molecular complexity index is 304. The number of aryl methyl sites for hydroxylation is 1. The fraction of sp³-hybridized carbons (Fsp3) is 0.333. The topological polar surface area (TPSA) is 0 Å². The van der Waals surface area contributed by atoms with Crippen molar-refractivity contribution in [3.8, 4) is 0 Å². The van der Waals surface area contributed by atoms with Gasteiger partial charge in [-0.05, 0) is 30.2 Å². The number of benzene rings is 1. The fourth-order valence-electron chi connectivity index (χ4n) is 0.992. The van der Waals surface area contributed by atoms with Crippen LogP contribution in [0.3, 0.4) is 0 Å². The van der Waals surface area contributed by atoms with Gasteiger partial charge in [0.25, 0.3) is 0 Å². The van der Waals surface area contributed by atoms with Gasteiger partial charge in [-0.3, -0.25) is 0 Å². The molecule has 0 unspecified atom stereocenters. The standard InChI is InChI=1S/C9H8ClF3/c1-6-2-3-8(9(11,12)13)4-7(6)5-10/h2-4H,5H2,1H3. The minimum atomic E-state index is -4.28. The molecule has 13 heavy (non-hydrogen) atoms. The van der Waals surface area contributed by atoms with Gasteiger partial charge in [0.05, 0.1) is 5.56 Å². The molecule has 1 aromatic carbocycles. The van der Waals surface area contributed by atoms with Crippen LogP contribution in [0.2, 0.25) is 0 Å². The van der Waals surface area contributed by atoms with Crippen LogP contribution >= 0.6 is 11.6 Å². The first kappa shape index (κ1) is 10.4. The Hall–Kier alpha value is -0.700. The summed E-state index contributed by atoms with van der Waals surface area (Å²) in [6.45, 7) is 1.73. The molecule has 0 bridgehead atoms. The monoisotopic (exact) mass is 208 g/mol. The van der Waals surface area contributed by atoms with Crippen molar-refractivity contribution in [2.45, 2.75) is 19.0 Å². The van der Waals surface area contributed by atoms with Gasteiger partial charge < -0.3 is 0 Å². The molecule has 0 saturated carbocycles. The van der Waals surface area contributed by atoms with Crippen molar-refractivity contribution in [2.75, 3.05) is 0 Å². The van der Waals surface area contributed by atoms with Gasteiger partial charge in [0.15, 0.2) is 0 Å². The molecule has 4 heteroatoms. The second-order valence-electron chi connectivity index (χ2n) is 2.77. The first-order valence-corrected chi connectivity index (χ1v) is 4.21. The maximum absolute atomic E-state index is 12.2. The van der Waals surface area contributed by atoms with E-state index in [1.165, 1.54) is 6.07 Å². The molecule has 0 saturated heterocycles. The van der Waals surface area contributed by atoms with Crippen LogP contribution in [-0.4, -0.2) is 0 Å². The number of hydrogen-bond acceptors (Lipinski definition) is 0. The summed E-state index contributed by atoms with van der Waals surface area (Å²) in [7, 11) is 0. The van der Waals surface area contributed by atoms with Crippen LogP contribution in [0.4, 0.5) is 13.2 Å². The summed E-state index contributed by atoms with van der Waals surface area (Å²) in [5.74, 6) is 0.107. The molecule has 72 valence electrons. The highest BCUT2D eigenvalue weighted by Crippen LogP contribution is 2.30. The second kappa shape index (κ2) is 3.58. The third-order valence-electron chi connectivity index (χ3n) is 1.82. The lowest BCUT2D eigenvalue weighted by atomic mass is 10.1. The molecule has 0 atom stereocenters. The molecular formula is C9H8ClF3. The zero-order valence-electron chi connectivity index (χ0n) is 6.95. The van der Waals surface area contributed by atoms with E-state index in [0.29, 0.717) is 5.56 Å². The molecule has 0 nitrogen and oxygen atoms in total. The summed E-state index contributed by atoms with van der Waals surface area (Å²) >= 11 is 5.49. The summed E-state index contributed by atoms with van der Waals surface area (Å²) < 4.78 is 36.6. The highest BCUT2D eigenvalue weighted by Gasteiger charge is 2.30. The van der Waals surface area contributed by atoms with Crippen molar-refractivity contribution in [1.82, 2.24) is 0 Å². The van der Waals surface area contributed by atoms with E-state index in [-0.39, 0.29) is 5.88 Å². The van der Waals surface area contributed by atoms with E-state index < -0.39 is 11.7 Å². The third kappa shape index (κ3) is 2.37. The van der Waals surface area contributed by atoms with Crippen LogP contribution in [0.25, 0.3) is 0 Å². The van der Waals surface area contributed by atoms with Crippen LogP contribution < -0.4 is 0 Å². The Morgan fingerprint density at radius 1 is 1.31 bits per heavy atom. The Balaban J connectivity index is 3.14. The molecule has 1 rings (SSSR count). The summed E-state index contributed by atoms with van der Waals surface area (Å²) in [5.41, 5.74) is 0.660. The average Bonchev–Trinajstić information content (AvgIpc) is 2.03. The van der Waals surface area contributed by atoms with Gasteiger partial charge >= 0.3 is 6.18 Å². The summed E-state index contributed by atoms with van der Waals surface area (Å²) in [6.07, 6.45) is -4.28. The van der Waals surface area contributed by atoms with Gasteiger partial charge in [0.2, 0.25) is 0 Å². The van der Waals surface area contributed by atoms with E-state index >= 15 is 0 Å². The molecule has 0 radical (unpaired) electrons. The molecular weight excluding hydrogens is 201 g/mol. The molecule has 0 aliphatic carbocycles. The van der Waals surface area contributed by atoms with Crippen molar-refractivity contribution in [3.05, 3.63) is 34.9 Å². The molecule has 0 aromatic heterocycles. The highest BCUT2D eigenvalue weighted by atomic mass is 35.5. The van der Waals surface area contributed by atoms with E-state index in [4.69, 9.17) is 11.6 Å². The lowest BCUT2D eigenvalue weighted by Gasteiger charge is -2.09. The van der Waals surface area contributed by atoms with Crippen molar-refractivity contribution in [3.63, 3.8) is 0 Å². The zero-order valence-corrected chi connectivity index (χ0v) is 7.71. The van der Waals surface area contributed by atoms with E-state index in [2.05, 4.69) is 0 Å². The van der Waals surface area contributed by atoms with E-state index in [1.54, 1.807) is 6.92 Å². The largest absolute Gasteiger partial charge is 0.416 e. The molecule has 0 aliphatic rings. The van der Waals surface area contributed by atoms with Crippen molar-refractivity contribution in [1.29, 1.82) is 0 Å². The summed E-state index contributed by atoms with van der Waals surface area (Å²) in [6, 6.07) is 3.58. The number of halogens is 4. The van der Waals surface area contributed by atoms with Gasteiger partial charge in [0, 0.05) is 5.88 Å². The Morgan fingerprint density at radius 3 is 2.38 bits per heavy atom.